The third kappa shape index (κ3) is 3.22. The van der Waals surface area contributed by atoms with E-state index < -0.39 is 11.6 Å². The van der Waals surface area contributed by atoms with Gasteiger partial charge in [0, 0.05) is 61.2 Å². The quantitative estimate of drug-likeness (QED) is 0.561. The van der Waals surface area contributed by atoms with E-state index in [0.29, 0.717) is 23.4 Å². The van der Waals surface area contributed by atoms with E-state index in [1.54, 1.807) is 13.0 Å². The molecule has 0 fully saturated rings. The van der Waals surface area contributed by atoms with Gasteiger partial charge in [0.2, 0.25) is 11.6 Å². The molecular weight excluding hydrogens is 430 g/mol. The summed E-state index contributed by atoms with van der Waals surface area (Å²) >= 11 is 0. The van der Waals surface area contributed by atoms with Gasteiger partial charge in [0.15, 0.2) is 5.60 Å². The summed E-state index contributed by atoms with van der Waals surface area (Å²) < 4.78 is 14.7. The topological polar surface area (TPSA) is 70.9 Å². The molecule has 3 aliphatic rings. The maximum Gasteiger partial charge on any atom is 0.339 e. The number of carbonyl (C=O) groups is 2. The zero-order chi connectivity index (χ0) is 24.2. The van der Waals surface area contributed by atoms with Gasteiger partial charge in [-0.15, -0.1) is 0 Å². The number of rotatable bonds is 3. The van der Waals surface area contributed by atoms with Gasteiger partial charge >= 0.3 is 5.97 Å². The predicted octanol–water partition coefficient (Wildman–Crippen LogP) is 3.69. The summed E-state index contributed by atoms with van der Waals surface area (Å²) in [5, 5.41) is 2.84. The fraction of sp³-hybridized carbons (Fsp3) is 0.296. The van der Waals surface area contributed by atoms with Crippen LogP contribution in [0.3, 0.4) is 0 Å². The van der Waals surface area contributed by atoms with E-state index >= 15 is 0 Å². The van der Waals surface area contributed by atoms with Crippen LogP contribution in [0.1, 0.15) is 34.8 Å². The Labute approximate surface area is 199 Å². The van der Waals surface area contributed by atoms with Crippen molar-refractivity contribution in [3.05, 3.63) is 77.1 Å². The van der Waals surface area contributed by atoms with E-state index in [9.17, 15) is 9.59 Å². The van der Waals surface area contributed by atoms with Crippen LogP contribution in [0.5, 0.6) is 5.75 Å². The highest BCUT2D eigenvalue weighted by molar-refractivity contribution is 6.03. The number of carbonyl (C=O) groups excluding carboxylic acids is 2. The summed E-state index contributed by atoms with van der Waals surface area (Å²) in [6.07, 6.45) is 6.43. The second kappa shape index (κ2) is 7.87. The fourth-order valence-electron chi connectivity index (χ4n) is 4.81. The van der Waals surface area contributed by atoms with Crippen LogP contribution in [0.4, 0.5) is 11.4 Å². The van der Waals surface area contributed by atoms with Crippen molar-refractivity contribution in [2.24, 2.45) is 5.92 Å². The third-order valence-corrected chi connectivity index (χ3v) is 6.62. The molecule has 0 saturated carbocycles. The highest BCUT2D eigenvalue weighted by Crippen LogP contribution is 2.57. The van der Waals surface area contributed by atoms with E-state index in [1.165, 1.54) is 0 Å². The molecule has 2 aliphatic heterocycles. The molecule has 2 atom stereocenters. The molecule has 1 spiro atoms. The van der Waals surface area contributed by atoms with Crippen LogP contribution >= 0.6 is 0 Å². The molecule has 1 N–H and O–H groups in total. The van der Waals surface area contributed by atoms with Gasteiger partial charge in [0.1, 0.15) is 25.6 Å². The number of anilines is 2. The summed E-state index contributed by atoms with van der Waals surface area (Å²) in [7, 11) is 7.90. The Morgan fingerprint density at radius 3 is 2.62 bits per heavy atom. The Morgan fingerprint density at radius 2 is 1.91 bits per heavy atom. The minimum absolute atomic E-state index is 0.110. The Bertz CT molecular complexity index is 1320. The first kappa shape index (κ1) is 21.9. The summed E-state index contributed by atoms with van der Waals surface area (Å²) in [5.74, 6) is 0.531. The molecule has 5 rings (SSSR count). The minimum atomic E-state index is -1.06. The number of hydrogen-bond acceptors (Lipinski definition) is 5. The maximum atomic E-state index is 13.2. The number of ether oxygens (including phenoxy) is 2. The standard InChI is InChI=1S/C27H27N3O4/c1-6-25(31)28-16-7-10-20-19(13-16)26(32)34-27(20)21-11-8-17(29(2)3)14-23(21)33-24-15-18(30(4)5)9-12-22(24)27/h7-15,21H,6H2,1-5H3/p+1. The van der Waals surface area contributed by atoms with Crippen LogP contribution in [0.2, 0.25) is 0 Å². The number of nitrogens with zero attached hydrogens (tertiary/aromatic N) is 2. The maximum absolute atomic E-state index is 13.2. The van der Waals surface area contributed by atoms with Gasteiger partial charge in [-0.3, -0.25) is 4.79 Å². The number of allylic oxidation sites excluding steroid dienone is 2. The fourth-order valence-corrected chi connectivity index (χ4v) is 4.81. The number of hydrogen-bond donors (Lipinski definition) is 1. The van der Waals surface area contributed by atoms with E-state index in [4.69, 9.17) is 9.47 Å². The van der Waals surface area contributed by atoms with E-state index in [0.717, 1.165) is 28.3 Å². The monoisotopic (exact) mass is 458 g/mol. The van der Waals surface area contributed by atoms with Gasteiger partial charge in [0.05, 0.1) is 11.5 Å². The van der Waals surface area contributed by atoms with Crippen LogP contribution in [-0.2, 0) is 15.1 Å². The van der Waals surface area contributed by atoms with Gasteiger partial charge in [-0.05, 0) is 24.3 Å². The van der Waals surface area contributed by atoms with Gasteiger partial charge in [0.25, 0.3) is 0 Å². The van der Waals surface area contributed by atoms with E-state index in [1.807, 2.05) is 86.2 Å². The Hall–Kier alpha value is -3.87. The smallest absolute Gasteiger partial charge is 0.339 e. The molecule has 0 bridgehead atoms. The van der Waals surface area contributed by atoms with Crippen molar-refractivity contribution in [2.75, 3.05) is 38.4 Å². The van der Waals surface area contributed by atoms with Gasteiger partial charge in [-0.25, -0.2) is 9.37 Å². The zero-order valence-corrected chi connectivity index (χ0v) is 20.0. The molecule has 1 amide bonds. The molecule has 34 heavy (non-hydrogen) atoms. The van der Waals surface area contributed by atoms with Crippen molar-refractivity contribution in [1.82, 2.24) is 0 Å². The molecule has 174 valence electrons. The van der Waals surface area contributed by atoms with E-state index in [-0.39, 0.29) is 11.8 Å². The van der Waals surface area contributed by atoms with Crippen LogP contribution < -0.4 is 15.0 Å². The number of benzene rings is 2. The van der Waals surface area contributed by atoms with Crippen molar-refractivity contribution in [2.45, 2.75) is 18.9 Å². The lowest BCUT2D eigenvalue weighted by Crippen LogP contribution is -2.43. The van der Waals surface area contributed by atoms with Crippen molar-refractivity contribution in [3.8, 4) is 5.75 Å². The van der Waals surface area contributed by atoms with Gasteiger partial charge < -0.3 is 19.7 Å². The highest BCUT2D eigenvalue weighted by Gasteiger charge is 2.57. The van der Waals surface area contributed by atoms with Crippen LogP contribution in [0.25, 0.3) is 0 Å². The normalized spacial score (nSPS) is 21.7. The first-order valence-corrected chi connectivity index (χ1v) is 11.4. The summed E-state index contributed by atoms with van der Waals surface area (Å²) in [4.78, 5) is 27.2. The van der Waals surface area contributed by atoms with Crippen molar-refractivity contribution in [3.63, 3.8) is 0 Å². The molecular formula is C27H28N3O4+. The molecule has 1 aliphatic carbocycles. The van der Waals surface area contributed by atoms with Crippen LogP contribution in [-0.4, -0.2) is 50.4 Å². The van der Waals surface area contributed by atoms with Gasteiger partial charge in [-0.2, -0.15) is 0 Å². The lowest BCUT2D eigenvalue weighted by molar-refractivity contribution is -0.462. The van der Waals surface area contributed by atoms with Gasteiger partial charge in [-0.1, -0.05) is 19.1 Å². The molecule has 2 unspecified atom stereocenters. The number of nitrogens with one attached hydrogen (secondary N) is 1. The molecule has 7 nitrogen and oxygen atoms in total. The molecule has 0 radical (unpaired) electrons. The number of esters is 1. The Balaban J connectivity index is 1.73. The summed E-state index contributed by atoms with van der Waals surface area (Å²) in [5.41, 5.74) is 3.52. The molecule has 7 heteroatoms. The highest BCUT2D eigenvalue weighted by atomic mass is 16.6. The largest absolute Gasteiger partial charge is 0.460 e. The number of fused-ring (bicyclic) bond motifs is 6. The average molecular weight is 459 g/mol. The van der Waals surface area contributed by atoms with Crippen molar-refractivity contribution >= 4 is 29.0 Å². The lowest BCUT2D eigenvalue weighted by Gasteiger charge is -2.42. The minimum Gasteiger partial charge on any atom is -0.460 e. The van der Waals surface area contributed by atoms with Crippen molar-refractivity contribution < 1.29 is 23.6 Å². The average Bonchev–Trinajstić information content (AvgIpc) is 3.10. The molecule has 2 aromatic carbocycles. The third-order valence-electron chi connectivity index (χ3n) is 6.62. The van der Waals surface area contributed by atoms with Crippen LogP contribution in [0, 0.1) is 5.92 Å². The second-order valence-corrected chi connectivity index (χ2v) is 9.17. The Morgan fingerprint density at radius 1 is 1.15 bits per heavy atom. The second-order valence-electron chi connectivity index (χ2n) is 9.17. The Kier molecular flexibility index (Phi) is 5.08. The molecule has 0 saturated heterocycles. The lowest BCUT2D eigenvalue weighted by atomic mass is 9.71. The first-order chi connectivity index (χ1) is 16.2. The molecule has 2 aromatic rings. The number of amides is 1. The summed E-state index contributed by atoms with van der Waals surface area (Å²) in [6, 6.07) is 11.4. The SMILES string of the molecule is CCC(=O)Nc1ccc2c(c1)C(=O)OC21c2ccc(N(C)C)cc2OC2=CC(=[N+](C)C)C=CC21. The zero-order valence-electron chi connectivity index (χ0n) is 20.0. The van der Waals surface area contributed by atoms with Crippen molar-refractivity contribution in [1.29, 1.82) is 0 Å². The van der Waals surface area contributed by atoms with Crippen LogP contribution in [0.15, 0.2) is 60.4 Å². The molecule has 0 aromatic heterocycles. The first-order valence-electron chi connectivity index (χ1n) is 11.4. The molecule has 2 heterocycles. The van der Waals surface area contributed by atoms with E-state index in [2.05, 4.69) is 5.32 Å². The summed E-state index contributed by atoms with van der Waals surface area (Å²) in [6.45, 7) is 1.79. The predicted molar refractivity (Wildman–Crippen MR) is 131 cm³/mol.